The Kier molecular flexibility index (Phi) is 4.94. The second-order valence-corrected chi connectivity index (χ2v) is 6.54. The highest BCUT2D eigenvalue weighted by molar-refractivity contribution is 5.36. The van der Waals surface area contributed by atoms with Crippen LogP contribution in [0.5, 0.6) is 0 Å². The van der Waals surface area contributed by atoms with Gasteiger partial charge in [-0.3, -0.25) is 0 Å². The molecule has 1 aliphatic carbocycles. The zero-order valence-electron chi connectivity index (χ0n) is 13.6. The van der Waals surface area contributed by atoms with Crippen molar-refractivity contribution >= 4 is 0 Å². The number of hydrogen-bond acceptors (Lipinski definition) is 1. The van der Waals surface area contributed by atoms with Gasteiger partial charge in [0.1, 0.15) is 0 Å². The van der Waals surface area contributed by atoms with E-state index in [1.54, 1.807) is 11.1 Å². The number of hydrogen-bond donors (Lipinski definition) is 1. The molecule has 0 aliphatic heterocycles. The highest BCUT2D eigenvalue weighted by Gasteiger charge is 2.15. The Labute approximate surface area is 134 Å². The minimum Gasteiger partial charge on any atom is -0.330 e. The van der Waals surface area contributed by atoms with Crippen LogP contribution in [0.25, 0.3) is 0 Å². The molecule has 2 aromatic rings. The molecule has 0 amide bonds. The Morgan fingerprint density at radius 3 is 2.27 bits per heavy atom. The lowest BCUT2D eigenvalue weighted by molar-refractivity contribution is 0.668. The molecule has 2 N–H and O–H groups in total. The van der Waals surface area contributed by atoms with Crippen molar-refractivity contribution in [2.45, 2.75) is 51.4 Å². The topological polar surface area (TPSA) is 26.0 Å². The van der Waals surface area contributed by atoms with Gasteiger partial charge in [-0.15, -0.1) is 0 Å². The largest absolute Gasteiger partial charge is 0.330 e. The number of aryl methyl sites for hydroxylation is 3. The lowest BCUT2D eigenvalue weighted by atomic mass is 9.85. The zero-order chi connectivity index (χ0) is 15.4. The van der Waals surface area contributed by atoms with Crippen LogP contribution in [0.2, 0.25) is 0 Å². The van der Waals surface area contributed by atoms with E-state index in [1.165, 1.54) is 42.4 Å². The Hall–Kier alpha value is -1.60. The molecule has 0 saturated heterocycles. The van der Waals surface area contributed by atoms with Crippen molar-refractivity contribution < 1.29 is 0 Å². The van der Waals surface area contributed by atoms with Gasteiger partial charge in [0.15, 0.2) is 0 Å². The van der Waals surface area contributed by atoms with E-state index in [4.69, 9.17) is 5.73 Å². The molecule has 0 heterocycles. The summed E-state index contributed by atoms with van der Waals surface area (Å²) in [6.07, 6.45) is 7.32. The summed E-state index contributed by atoms with van der Waals surface area (Å²) in [4.78, 5) is 0. The van der Waals surface area contributed by atoms with E-state index in [1.807, 2.05) is 0 Å². The molecular weight excluding hydrogens is 266 g/mol. The molecule has 22 heavy (non-hydrogen) atoms. The fourth-order valence-corrected chi connectivity index (χ4v) is 3.54. The molecule has 1 aliphatic rings. The molecule has 2 aromatic carbocycles. The number of fused-ring (bicyclic) bond motifs is 1. The van der Waals surface area contributed by atoms with Crippen molar-refractivity contribution in [3.05, 3.63) is 70.3 Å². The van der Waals surface area contributed by atoms with E-state index in [-0.39, 0.29) is 0 Å². The minimum absolute atomic E-state index is 0.430. The molecule has 116 valence electrons. The monoisotopic (exact) mass is 293 g/mol. The van der Waals surface area contributed by atoms with Crippen LogP contribution in [0, 0.1) is 0 Å². The third kappa shape index (κ3) is 3.41. The normalized spacial score (nSPS) is 15.4. The first-order valence-electron chi connectivity index (χ1n) is 8.69. The van der Waals surface area contributed by atoms with Crippen LogP contribution in [0.4, 0.5) is 0 Å². The van der Waals surface area contributed by atoms with Gasteiger partial charge in [-0.25, -0.2) is 0 Å². The SMILES string of the molecule is CCc1ccc(CC(CN)c2ccc3c(c2)CCCC3)cc1. The van der Waals surface area contributed by atoms with Crippen LogP contribution < -0.4 is 5.73 Å². The van der Waals surface area contributed by atoms with Crippen LogP contribution in [0.1, 0.15) is 53.5 Å². The minimum atomic E-state index is 0.430. The van der Waals surface area contributed by atoms with E-state index in [2.05, 4.69) is 49.4 Å². The Bertz CT molecular complexity index is 612. The molecule has 1 heteroatoms. The molecule has 0 fully saturated rings. The van der Waals surface area contributed by atoms with Crippen LogP contribution >= 0.6 is 0 Å². The van der Waals surface area contributed by atoms with Crippen molar-refractivity contribution in [3.63, 3.8) is 0 Å². The Balaban J connectivity index is 1.78. The Morgan fingerprint density at radius 2 is 1.59 bits per heavy atom. The lowest BCUT2D eigenvalue weighted by Crippen LogP contribution is -2.16. The summed E-state index contributed by atoms with van der Waals surface area (Å²) < 4.78 is 0. The summed E-state index contributed by atoms with van der Waals surface area (Å²) in [5.74, 6) is 0.430. The van der Waals surface area contributed by atoms with Gasteiger partial charge in [-0.2, -0.15) is 0 Å². The van der Waals surface area contributed by atoms with Crippen molar-refractivity contribution in [1.29, 1.82) is 0 Å². The van der Waals surface area contributed by atoms with Crippen LogP contribution in [-0.2, 0) is 25.7 Å². The standard InChI is InChI=1S/C21H27N/c1-2-16-7-9-17(10-8-16)13-21(15-22)20-12-11-18-5-3-4-6-19(18)14-20/h7-12,14,21H,2-6,13,15,22H2,1H3. The number of nitrogens with two attached hydrogens (primary N) is 1. The van der Waals surface area contributed by atoms with Gasteiger partial charge in [0.05, 0.1) is 0 Å². The predicted molar refractivity (Wildman–Crippen MR) is 94.4 cm³/mol. The highest BCUT2D eigenvalue weighted by atomic mass is 14.5. The van der Waals surface area contributed by atoms with Gasteiger partial charge < -0.3 is 5.73 Å². The fraction of sp³-hybridized carbons (Fsp3) is 0.429. The summed E-state index contributed by atoms with van der Waals surface area (Å²) in [5.41, 5.74) is 13.4. The Morgan fingerprint density at radius 1 is 0.909 bits per heavy atom. The lowest BCUT2D eigenvalue weighted by Gasteiger charge is -2.21. The van der Waals surface area contributed by atoms with E-state index in [0.29, 0.717) is 12.5 Å². The van der Waals surface area contributed by atoms with Crippen molar-refractivity contribution in [2.75, 3.05) is 6.54 Å². The van der Waals surface area contributed by atoms with Crippen molar-refractivity contribution in [1.82, 2.24) is 0 Å². The molecule has 0 spiro atoms. The average molecular weight is 293 g/mol. The molecule has 0 saturated carbocycles. The van der Waals surface area contributed by atoms with Crippen molar-refractivity contribution in [2.24, 2.45) is 5.73 Å². The zero-order valence-corrected chi connectivity index (χ0v) is 13.6. The molecule has 3 rings (SSSR count). The van der Waals surface area contributed by atoms with Gasteiger partial charge in [0.2, 0.25) is 0 Å². The summed E-state index contributed by atoms with van der Waals surface area (Å²) >= 11 is 0. The third-order valence-corrected chi connectivity index (χ3v) is 5.04. The van der Waals surface area contributed by atoms with E-state index < -0.39 is 0 Å². The molecule has 1 unspecified atom stereocenters. The second kappa shape index (κ2) is 7.11. The highest BCUT2D eigenvalue weighted by Crippen LogP contribution is 2.27. The summed E-state index contributed by atoms with van der Waals surface area (Å²) in [6, 6.07) is 16.1. The van der Waals surface area contributed by atoms with Crippen molar-refractivity contribution in [3.8, 4) is 0 Å². The molecule has 0 aromatic heterocycles. The molecule has 1 nitrogen and oxygen atoms in total. The number of rotatable bonds is 5. The van der Waals surface area contributed by atoms with Gasteiger partial charge in [-0.1, -0.05) is 49.4 Å². The first kappa shape index (κ1) is 15.3. The van der Waals surface area contributed by atoms with Crippen LogP contribution in [0.3, 0.4) is 0 Å². The fourth-order valence-electron chi connectivity index (χ4n) is 3.54. The van der Waals surface area contributed by atoms with E-state index in [9.17, 15) is 0 Å². The maximum Gasteiger partial charge on any atom is 0.000167 e. The molecule has 0 radical (unpaired) electrons. The van der Waals surface area contributed by atoms with E-state index >= 15 is 0 Å². The molecule has 0 bridgehead atoms. The molecular formula is C21H27N. The van der Waals surface area contributed by atoms with Crippen LogP contribution in [-0.4, -0.2) is 6.54 Å². The maximum atomic E-state index is 6.08. The summed E-state index contributed by atoms with van der Waals surface area (Å²) in [7, 11) is 0. The summed E-state index contributed by atoms with van der Waals surface area (Å²) in [6.45, 7) is 2.92. The van der Waals surface area contributed by atoms with Gasteiger partial charge in [0.25, 0.3) is 0 Å². The van der Waals surface area contributed by atoms with Crippen LogP contribution in [0.15, 0.2) is 42.5 Å². The predicted octanol–water partition coefficient (Wildman–Crippen LogP) is 4.41. The maximum absolute atomic E-state index is 6.08. The average Bonchev–Trinajstić information content (AvgIpc) is 2.59. The smallest absolute Gasteiger partial charge is 0.000167 e. The van der Waals surface area contributed by atoms with E-state index in [0.717, 1.165) is 12.8 Å². The second-order valence-electron chi connectivity index (χ2n) is 6.54. The van der Waals surface area contributed by atoms with Gasteiger partial charge in [-0.05, 0) is 72.9 Å². The molecule has 1 atom stereocenters. The van der Waals surface area contributed by atoms with Gasteiger partial charge >= 0.3 is 0 Å². The third-order valence-electron chi connectivity index (χ3n) is 5.04. The number of benzene rings is 2. The first-order chi connectivity index (χ1) is 10.8. The quantitative estimate of drug-likeness (QED) is 0.868. The first-order valence-corrected chi connectivity index (χ1v) is 8.69. The van der Waals surface area contributed by atoms with Gasteiger partial charge in [0, 0.05) is 5.92 Å². The summed E-state index contributed by atoms with van der Waals surface area (Å²) in [5, 5.41) is 0.